The van der Waals surface area contributed by atoms with Gasteiger partial charge in [0.15, 0.2) is 5.16 Å². The van der Waals surface area contributed by atoms with Crippen molar-refractivity contribution in [1.29, 1.82) is 0 Å². The summed E-state index contributed by atoms with van der Waals surface area (Å²) in [4.78, 5) is 16.8. The van der Waals surface area contributed by atoms with Crippen LogP contribution < -0.4 is 4.90 Å². The summed E-state index contributed by atoms with van der Waals surface area (Å²) in [6.45, 7) is 9.08. The van der Waals surface area contributed by atoms with Crippen molar-refractivity contribution in [2.45, 2.75) is 37.1 Å². The van der Waals surface area contributed by atoms with Gasteiger partial charge in [-0.3, -0.25) is 9.36 Å². The maximum Gasteiger partial charge on any atom is 0.235 e. The second-order valence-corrected chi connectivity index (χ2v) is 8.02. The standard InChI is InChI=1S/C16H27N5O2S/c1-12-4-6-20(7-5-12)14(22)13(2)24-16-18-17-15(19(16)3)21-8-10-23-11-9-21/h12-13H,4-11H2,1-3H3. The normalized spacial score (nSPS) is 21.1. The Balaban J connectivity index is 1.61. The van der Waals surface area contributed by atoms with Crippen LogP contribution >= 0.6 is 11.8 Å². The Labute approximate surface area is 147 Å². The molecule has 2 aliphatic heterocycles. The predicted octanol–water partition coefficient (Wildman–Crippen LogP) is 1.39. The minimum atomic E-state index is -0.140. The number of ether oxygens (including phenoxy) is 1. The van der Waals surface area contributed by atoms with Gasteiger partial charge in [0, 0.05) is 33.2 Å². The quantitative estimate of drug-likeness (QED) is 0.762. The van der Waals surface area contributed by atoms with Crippen molar-refractivity contribution in [3.8, 4) is 0 Å². The number of aromatic nitrogens is 3. The van der Waals surface area contributed by atoms with E-state index in [9.17, 15) is 4.79 Å². The molecule has 0 radical (unpaired) electrons. The van der Waals surface area contributed by atoms with Crippen molar-refractivity contribution >= 4 is 23.6 Å². The third-order valence-corrected chi connectivity index (χ3v) is 5.95. The molecule has 1 aromatic rings. The van der Waals surface area contributed by atoms with Gasteiger partial charge >= 0.3 is 0 Å². The molecule has 2 fully saturated rings. The maximum atomic E-state index is 12.6. The number of anilines is 1. The summed E-state index contributed by atoms with van der Waals surface area (Å²) in [5.74, 6) is 1.79. The highest BCUT2D eigenvalue weighted by atomic mass is 32.2. The molecule has 1 amide bonds. The van der Waals surface area contributed by atoms with Gasteiger partial charge in [-0.15, -0.1) is 10.2 Å². The Morgan fingerprint density at radius 2 is 1.88 bits per heavy atom. The van der Waals surface area contributed by atoms with Crippen LogP contribution in [0, 0.1) is 5.92 Å². The molecule has 3 rings (SSSR count). The van der Waals surface area contributed by atoms with Crippen LogP contribution in [-0.2, 0) is 16.6 Å². The first-order chi connectivity index (χ1) is 11.6. The highest BCUT2D eigenvalue weighted by molar-refractivity contribution is 8.00. The van der Waals surface area contributed by atoms with Crippen LogP contribution in [0.15, 0.2) is 5.16 Å². The van der Waals surface area contributed by atoms with E-state index in [-0.39, 0.29) is 11.2 Å². The van der Waals surface area contributed by atoms with Crippen LogP contribution in [0.1, 0.15) is 26.7 Å². The third-order valence-electron chi connectivity index (χ3n) is 4.83. The van der Waals surface area contributed by atoms with Gasteiger partial charge in [0.2, 0.25) is 11.9 Å². The molecule has 2 aliphatic rings. The molecular weight excluding hydrogens is 326 g/mol. The number of nitrogens with zero attached hydrogens (tertiary/aromatic N) is 5. The zero-order valence-corrected chi connectivity index (χ0v) is 15.6. The zero-order chi connectivity index (χ0) is 17.1. The lowest BCUT2D eigenvalue weighted by atomic mass is 9.99. The summed E-state index contributed by atoms with van der Waals surface area (Å²) in [6, 6.07) is 0. The van der Waals surface area contributed by atoms with E-state index in [2.05, 4.69) is 22.0 Å². The van der Waals surface area contributed by atoms with E-state index in [0.717, 1.165) is 69.3 Å². The Hall–Kier alpha value is -1.28. The van der Waals surface area contributed by atoms with E-state index in [4.69, 9.17) is 4.74 Å². The zero-order valence-electron chi connectivity index (χ0n) is 14.8. The summed E-state index contributed by atoms with van der Waals surface area (Å²) in [7, 11) is 1.97. The van der Waals surface area contributed by atoms with E-state index >= 15 is 0 Å². The number of hydrogen-bond acceptors (Lipinski definition) is 6. The number of carbonyl (C=O) groups is 1. The van der Waals surface area contributed by atoms with Crippen LogP contribution in [0.3, 0.4) is 0 Å². The molecule has 0 N–H and O–H groups in total. The molecule has 1 unspecified atom stereocenters. The van der Waals surface area contributed by atoms with Crippen LogP contribution in [0.2, 0.25) is 0 Å². The number of thioether (sulfide) groups is 1. The molecule has 0 aromatic carbocycles. The van der Waals surface area contributed by atoms with Crippen LogP contribution in [0.5, 0.6) is 0 Å². The predicted molar refractivity (Wildman–Crippen MR) is 94.3 cm³/mol. The molecule has 134 valence electrons. The minimum absolute atomic E-state index is 0.140. The number of morpholine rings is 1. The third kappa shape index (κ3) is 3.85. The summed E-state index contributed by atoms with van der Waals surface area (Å²) in [6.07, 6.45) is 2.21. The van der Waals surface area contributed by atoms with Gasteiger partial charge in [0.25, 0.3) is 0 Å². The second-order valence-electron chi connectivity index (χ2n) is 6.71. The molecular formula is C16H27N5O2S. The monoisotopic (exact) mass is 353 g/mol. The topological polar surface area (TPSA) is 63.5 Å². The first-order valence-corrected chi connectivity index (χ1v) is 9.61. The van der Waals surface area contributed by atoms with E-state index in [1.165, 1.54) is 11.8 Å². The van der Waals surface area contributed by atoms with E-state index < -0.39 is 0 Å². The van der Waals surface area contributed by atoms with Crippen molar-refractivity contribution in [2.75, 3.05) is 44.3 Å². The van der Waals surface area contributed by atoms with Crippen molar-refractivity contribution < 1.29 is 9.53 Å². The lowest BCUT2D eigenvalue weighted by Crippen LogP contribution is -2.41. The number of likely N-dealkylation sites (tertiary alicyclic amines) is 1. The molecule has 1 aromatic heterocycles. The molecule has 7 nitrogen and oxygen atoms in total. The summed E-state index contributed by atoms with van der Waals surface area (Å²) >= 11 is 1.50. The van der Waals surface area contributed by atoms with E-state index in [1.807, 2.05) is 23.4 Å². The fraction of sp³-hybridized carbons (Fsp3) is 0.812. The van der Waals surface area contributed by atoms with Gasteiger partial charge in [-0.2, -0.15) is 0 Å². The lowest BCUT2D eigenvalue weighted by molar-refractivity contribution is -0.131. The first-order valence-electron chi connectivity index (χ1n) is 8.73. The van der Waals surface area contributed by atoms with Gasteiger partial charge in [0.1, 0.15) is 0 Å². The maximum absolute atomic E-state index is 12.6. The van der Waals surface area contributed by atoms with Gasteiger partial charge in [0.05, 0.1) is 18.5 Å². The van der Waals surface area contributed by atoms with Crippen molar-refractivity contribution in [2.24, 2.45) is 13.0 Å². The highest BCUT2D eigenvalue weighted by Gasteiger charge is 2.27. The first kappa shape index (κ1) is 17.5. The number of amides is 1. The van der Waals surface area contributed by atoms with Gasteiger partial charge < -0.3 is 14.5 Å². The molecule has 3 heterocycles. The molecule has 0 saturated carbocycles. The molecule has 24 heavy (non-hydrogen) atoms. The summed E-state index contributed by atoms with van der Waals surface area (Å²) in [5, 5.41) is 9.26. The largest absolute Gasteiger partial charge is 0.378 e. The SMILES string of the molecule is CC1CCN(C(=O)C(C)Sc2nnc(N3CCOCC3)n2C)CC1. The van der Waals surface area contributed by atoms with Gasteiger partial charge in [-0.05, 0) is 25.7 Å². The molecule has 0 aliphatic carbocycles. The molecule has 0 bridgehead atoms. The molecule has 2 saturated heterocycles. The number of carbonyl (C=O) groups excluding carboxylic acids is 1. The number of rotatable bonds is 4. The summed E-state index contributed by atoms with van der Waals surface area (Å²) in [5.41, 5.74) is 0. The fourth-order valence-corrected chi connectivity index (χ4v) is 4.04. The highest BCUT2D eigenvalue weighted by Crippen LogP contribution is 2.27. The fourth-order valence-electron chi connectivity index (χ4n) is 3.14. The average Bonchev–Trinajstić information content (AvgIpc) is 2.96. The Morgan fingerprint density at radius 3 is 2.54 bits per heavy atom. The lowest BCUT2D eigenvalue weighted by Gasteiger charge is -2.32. The van der Waals surface area contributed by atoms with E-state index in [1.54, 1.807) is 0 Å². The molecule has 1 atom stereocenters. The Morgan fingerprint density at radius 1 is 1.21 bits per heavy atom. The van der Waals surface area contributed by atoms with Gasteiger partial charge in [-0.25, -0.2) is 0 Å². The minimum Gasteiger partial charge on any atom is -0.378 e. The number of piperidine rings is 1. The van der Waals surface area contributed by atoms with Crippen LogP contribution in [-0.4, -0.2) is 70.2 Å². The number of hydrogen-bond donors (Lipinski definition) is 0. The van der Waals surface area contributed by atoms with Crippen molar-refractivity contribution in [1.82, 2.24) is 19.7 Å². The van der Waals surface area contributed by atoms with Crippen LogP contribution in [0.4, 0.5) is 5.95 Å². The smallest absolute Gasteiger partial charge is 0.235 e. The van der Waals surface area contributed by atoms with Crippen molar-refractivity contribution in [3.05, 3.63) is 0 Å². The van der Waals surface area contributed by atoms with Gasteiger partial charge in [-0.1, -0.05) is 18.7 Å². The molecule has 0 spiro atoms. The Bertz CT molecular complexity index is 565. The Kier molecular flexibility index (Phi) is 5.65. The summed E-state index contributed by atoms with van der Waals surface area (Å²) < 4.78 is 7.37. The average molecular weight is 353 g/mol. The second kappa shape index (κ2) is 7.74. The van der Waals surface area contributed by atoms with Crippen molar-refractivity contribution in [3.63, 3.8) is 0 Å². The van der Waals surface area contributed by atoms with Crippen LogP contribution in [0.25, 0.3) is 0 Å². The molecule has 8 heteroatoms. The van der Waals surface area contributed by atoms with E-state index in [0.29, 0.717) is 0 Å².